The summed E-state index contributed by atoms with van der Waals surface area (Å²) in [4.78, 5) is 14.6. The average molecular weight is 449 g/mol. The second-order valence-corrected chi connectivity index (χ2v) is 9.47. The zero-order valence-electron chi connectivity index (χ0n) is 17.5. The second kappa shape index (κ2) is 9.25. The third-order valence-electron chi connectivity index (χ3n) is 6.08. The second-order valence-electron chi connectivity index (χ2n) is 8.39. The van der Waals surface area contributed by atoms with Crippen LogP contribution in [0.3, 0.4) is 0 Å². The number of fused-ring (bicyclic) bond motifs is 2. The maximum Gasteiger partial charge on any atom is 0.416 e. The summed E-state index contributed by atoms with van der Waals surface area (Å²) in [7, 11) is 0. The van der Waals surface area contributed by atoms with Gasteiger partial charge >= 0.3 is 6.18 Å². The number of carbonyl (C=O) groups is 1. The van der Waals surface area contributed by atoms with Crippen LogP contribution in [0.2, 0.25) is 0 Å². The van der Waals surface area contributed by atoms with Crippen LogP contribution < -0.4 is 10.6 Å². The molecule has 4 rings (SSSR count). The topological polar surface area (TPSA) is 41.1 Å². The lowest BCUT2D eigenvalue weighted by atomic mass is 9.85. The third-order valence-corrected chi connectivity index (χ3v) is 7.28. The van der Waals surface area contributed by atoms with Gasteiger partial charge in [-0.1, -0.05) is 43.3 Å². The molecule has 1 fully saturated rings. The summed E-state index contributed by atoms with van der Waals surface area (Å²) in [5.74, 6) is -0.356. The fourth-order valence-electron chi connectivity index (χ4n) is 4.45. The van der Waals surface area contributed by atoms with Gasteiger partial charge in [-0.3, -0.25) is 4.79 Å². The predicted molar refractivity (Wildman–Crippen MR) is 117 cm³/mol. The monoisotopic (exact) mass is 448 g/mol. The van der Waals surface area contributed by atoms with E-state index < -0.39 is 11.7 Å². The molecule has 2 aromatic rings. The quantitative estimate of drug-likeness (QED) is 0.484. The summed E-state index contributed by atoms with van der Waals surface area (Å²) in [6.45, 7) is 3.02. The molecule has 31 heavy (non-hydrogen) atoms. The first-order valence-corrected chi connectivity index (χ1v) is 11.7. The van der Waals surface area contributed by atoms with Gasteiger partial charge in [0.1, 0.15) is 0 Å². The molecule has 0 radical (unpaired) electrons. The molecule has 1 heterocycles. The van der Waals surface area contributed by atoms with E-state index >= 15 is 0 Å². The molecule has 2 aliphatic rings. The molecule has 1 aliphatic heterocycles. The number of anilines is 1. The lowest BCUT2D eigenvalue weighted by molar-refractivity contribution is -0.137. The Morgan fingerprint density at radius 2 is 1.97 bits per heavy atom. The van der Waals surface area contributed by atoms with E-state index in [-0.39, 0.29) is 11.8 Å². The summed E-state index contributed by atoms with van der Waals surface area (Å²) in [5.41, 5.74) is 1.40. The highest BCUT2D eigenvalue weighted by Crippen LogP contribution is 2.45. The van der Waals surface area contributed by atoms with Crippen LogP contribution in [0.4, 0.5) is 18.9 Å². The molecule has 0 spiro atoms. The van der Waals surface area contributed by atoms with Gasteiger partial charge in [0, 0.05) is 33.9 Å². The SMILES string of the molecule is CCCNC1CCCC(C(=O)Nc2cc(C(F)(F)F)cc3c2Cc2ccccc2S3)C1. The molecule has 2 N–H and O–H groups in total. The van der Waals surface area contributed by atoms with Gasteiger partial charge in [-0.15, -0.1) is 0 Å². The zero-order valence-corrected chi connectivity index (χ0v) is 18.3. The van der Waals surface area contributed by atoms with Gasteiger partial charge in [0.05, 0.1) is 5.56 Å². The molecule has 1 aliphatic carbocycles. The van der Waals surface area contributed by atoms with Gasteiger partial charge in [-0.2, -0.15) is 13.2 Å². The predicted octanol–water partition coefficient (Wildman–Crippen LogP) is 6.26. The third kappa shape index (κ3) is 5.09. The van der Waals surface area contributed by atoms with Crippen LogP contribution in [0.25, 0.3) is 0 Å². The molecular formula is C24H27F3N2OS. The van der Waals surface area contributed by atoms with Crippen molar-refractivity contribution in [2.24, 2.45) is 5.92 Å². The molecule has 1 amide bonds. The molecule has 7 heteroatoms. The van der Waals surface area contributed by atoms with Crippen LogP contribution in [0, 0.1) is 5.92 Å². The Morgan fingerprint density at radius 1 is 1.16 bits per heavy atom. The molecule has 0 bridgehead atoms. The van der Waals surface area contributed by atoms with Crippen LogP contribution >= 0.6 is 11.8 Å². The Hall–Kier alpha value is -1.99. The van der Waals surface area contributed by atoms with Gasteiger partial charge in [0.2, 0.25) is 5.91 Å². The number of alkyl halides is 3. The first-order chi connectivity index (χ1) is 14.8. The summed E-state index contributed by atoms with van der Waals surface area (Å²) < 4.78 is 40.7. The molecule has 2 atom stereocenters. The zero-order chi connectivity index (χ0) is 22.0. The van der Waals surface area contributed by atoms with Crippen LogP contribution in [-0.4, -0.2) is 18.5 Å². The fraction of sp³-hybridized carbons (Fsp3) is 0.458. The van der Waals surface area contributed by atoms with Crippen molar-refractivity contribution in [2.45, 2.75) is 67.5 Å². The molecule has 0 saturated heterocycles. The molecule has 1 saturated carbocycles. The van der Waals surface area contributed by atoms with E-state index in [1.54, 1.807) is 0 Å². The Bertz CT molecular complexity index is 960. The fourth-order valence-corrected chi connectivity index (χ4v) is 5.59. The number of halogens is 3. The van der Waals surface area contributed by atoms with Gasteiger partial charge < -0.3 is 10.6 Å². The highest BCUT2D eigenvalue weighted by Gasteiger charge is 2.34. The number of carbonyl (C=O) groups excluding carboxylic acids is 1. The molecule has 0 aromatic heterocycles. The highest BCUT2D eigenvalue weighted by atomic mass is 32.2. The minimum atomic E-state index is -4.47. The van der Waals surface area contributed by atoms with E-state index in [1.807, 2.05) is 24.3 Å². The number of hydrogen-bond donors (Lipinski definition) is 2. The van der Waals surface area contributed by atoms with E-state index in [2.05, 4.69) is 17.6 Å². The Morgan fingerprint density at radius 3 is 2.74 bits per heavy atom. The van der Waals surface area contributed by atoms with Crippen LogP contribution in [0.5, 0.6) is 0 Å². The maximum absolute atomic E-state index is 13.6. The van der Waals surface area contributed by atoms with Crippen LogP contribution in [0.15, 0.2) is 46.2 Å². The van der Waals surface area contributed by atoms with Gasteiger partial charge in [0.15, 0.2) is 0 Å². The normalized spacial score (nSPS) is 20.6. The first kappa shape index (κ1) is 22.2. The number of hydrogen-bond acceptors (Lipinski definition) is 3. The van der Waals surface area contributed by atoms with Gasteiger partial charge in [-0.25, -0.2) is 0 Å². The van der Waals surface area contributed by atoms with Crippen molar-refractivity contribution in [1.82, 2.24) is 5.32 Å². The lowest BCUT2D eigenvalue weighted by Gasteiger charge is -2.30. The maximum atomic E-state index is 13.6. The van der Waals surface area contributed by atoms with E-state index in [0.29, 0.717) is 23.0 Å². The van der Waals surface area contributed by atoms with E-state index in [9.17, 15) is 18.0 Å². The molecular weight excluding hydrogens is 421 g/mol. The van der Waals surface area contributed by atoms with E-state index in [4.69, 9.17) is 0 Å². The molecule has 166 valence electrons. The number of benzene rings is 2. The Balaban J connectivity index is 1.59. The summed E-state index contributed by atoms with van der Waals surface area (Å²) >= 11 is 1.34. The van der Waals surface area contributed by atoms with Crippen molar-refractivity contribution >= 4 is 23.4 Å². The summed E-state index contributed by atoms with van der Waals surface area (Å²) in [6, 6.07) is 10.3. The van der Waals surface area contributed by atoms with Crippen molar-refractivity contribution < 1.29 is 18.0 Å². The summed E-state index contributed by atoms with van der Waals surface area (Å²) in [5, 5.41) is 6.36. The van der Waals surface area contributed by atoms with Gasteiger partial charge in [-0.05, 0) is 61.6 Å². The number of rotatable bonds is 5. The van der Waals surface area contributed by atoms with Crippen molar-refractivity contribution in [3.63, 3.8) is 0 Å². The minimum absolute atomic E-state index is 0.173. The molecule has 2 aromatic carbocycles. The van der Waals surface area contributed by atoms with Crippen molar-refractivity contribution in [3.8, 4) is 0 Å². The lowest BCUT2D eigenvalue weighted by Crippen LogP contribution is -2.38. The first-order valence-electron chi connectivity index (χ1n) is 10.9. The average Bonchev–Trinajstić information content (AvgIpc) is 2.75. The standard InChI is InChI=1S/C24H27F3N2OS/c1-2-10-28-18-8-5-7-16(11-18)23(30)29-20-13-17(24(25,26)27)14-22-19(20)12-15-6-3-4-9-21(15)31-22/h3-4,6,9,13-14,16,18,28H,2,5,7-8,10-12H2,1H3,(H,29,30). The van der Waals surface area contributed by atoms with E-state index in [1.165, 1.54) is 17.8 Å². The van der Waals surface area contributed by atoms with Crippen LogP contribution in [-0.2, 0) is 17.4 Å². The smallest absolute Gasteiger partial charge is 0.326 e. The van der Waals surface area contributed by atoms with Crippen molar-refractivity contribution in [3.05, 3.63) is 53.1 Å². The minimum Gasteiger partial charge on any atom is -0.326 e. The molecule has 2 unspecified atom stereocenters. The van der Waals surface area contributed by atoms with Crippen molar-refractivity contribution in [2.75, 3.05) is 11.9 Å². The Kier molecular flexibility index (Phi) is 6.63. The van der Waals surface area contributed by atoms with Crippen LogP contribution in [0.1, 0.15) is 55.7 Å². The van der Waals surface area contributed by atoms with Crippen molar-refractivity contribution in [1.29, 1.82) is 0 Å². The summed E-state index contributed by atoms with van der Waals surface area (Å²) in [6.07, 6.45) is 0.561. The molecule has 3 nitrogen and oxygen atoms in total. The largest absolute Gasteiger partial charge is 0.416 e. The Labute approximate surface area is 185 Å². The van der Waals surface area contributed by atoms with Gasteiger partial charge in [0.25, 0.3) is 0 Å². The number of nitrogens with one attached hydrogen (secondary N) is 2. The van der Waals surface area contributed by atoms with E-state index in [0.717, 1.165) is 60.7 Å². The number of amides is 1. The highest BCUT2D eigenvalue weighted by molar-refractivity contribution is 7.99.